The summed E-state index contributed by atoms with van der Waals surface area (Å²) in [7, 11) is 0. The molecule has 6 atom stereocenters. The van der Waals surface area contributed by atoms with Crippen LogP contribution in [0.2, 0.25) is 0 Å². The quantitative estimate of drug-likeness (QED) is 0.0562. The molecule has 0 fully saturated rings. The Hall–Kier alpha value is 0. The molecule has 296 valence electrons. The van der Waals surface area contributed by atoms with E-state index >= 15 is 0 Å². The second-order valence-corrected chi connectivity index (χ2v) is 17.9. The Morgan fingerprint density at radius 3 is 0.653 bits per heavy atom. The third kappa shape index (κ3) is 32.4. The van der Waals surface area contributed by atoms with Crippen molar-refractivity contribution < 1.29 is 0 Å². The molecule has 0 saturated carbocycles. The van der Waals surface area contributed by atoms with E-state index in [1.807, 2.05) is 0 Å². The molecule has 0 aromatic carbocycles. The van der Waals surface area contributed by atoms with Gasteiger partial charge >= 0.3 is 0 Å². The average molecular weight is 689 g/mol. The van der Waals surface area contributed by atoms with Crippen LogP contribution in [0.15, 0.2) is 0 Å². The lowest BCUT2D eigenvalue weighted by atomic mass is 9.74. The summed E-state index contributed by atoms with van der Waals surface area (Å²) in [5.74, 6) is 5.74. The fourth-order valence-electron chi connectivity index (χ4n) is 9.39. The number of rotatable bonds is 40. The van der Waals surface area contributed by atoms with Gasteiger partial charge in [0.15, 0.2) is 0 Å². The fourth-order valence-corrected chi connectivity index (χ4v) is 9.39. The predicted octanol–water partition coefficient (Wildman–Crippen LogP) is 18.5. The minimum atomic E-state index is 0.921. The highest BCUT2D eigenvalue weighted by Gasteiger charge is 2.25. The van der Waals surface area contributed by atoms with Crippen molar-refractivity contribution in [3.63, 3.8) is 0 Å². The zero-order chi connectivity index (χ0) is 36.2. The maximum Gasteiger partial charge on any atom is -0.0409 e. The number of hydrogen-bond donors (Lipinski definition) is 0. The van der Waals surface area contributed by atoms with Crippen LogP contribution in [0.1, 0.15) is 280 Å². The molecule has 0 aliphatic rings. The van der Waals surface area contributed by atoms with Gasteiger partial charge in [-0.1, -0.05) is 248 Å². The summed E-state index contributed by atoms with van der Waals surface area (Å²) in [5, 5.41) is 0. The standard InChI is InChI=1S/C49H100/c1-9-15-21-27-33-44(7)39-46(35-29-23-17-11-3)41-48(37-31-25-19-13-5)43-49(38-32-26-20-14-6)42-47(36-30-24-18-12-4)40-45(8)34-28-22-16-10-2/h44-49H,9-43H2,1-8H3. The van der Waals surface area contributed by atoms with Crippen LogP contribution in [0, 0.1) is 35.5 Å². The van der Waals surface area contributed by atoms with Crippen molar-refractivity contribution in [2.75, 3.05) is 0 Å². The Balaban J connectivity index is 5.89. The van der Waals surface area contributed by atoms with E-state index in [0.29, 0.717) is 0 Å². The zero-order valence-electron chi connectivity index (χ0n) is 36.2. The van der Waals surface area contributed by atoms with E-state index in [1.165, 1.54) is 205 Å². The maximum absolute atomic E-state index is 2.62. The Bertz CT molecular complexity index is 555. The van der Waals surface area contributed by atoms with E-state index in [1.54, 1.807) is 19.3 Å². The van der Waals surface area contributed by atoms with Crippen LogP contribution in [0.3, 0.4) is 0 Å². The number of hydrogen-bond acceptors (Lipinski definition) is 0. The molecule has 0 aromatic heterocycles. The Kier molecular flexibility index (Phi) is 37.7. The molecule has 0 N–H and O–H groups in total. The second-order valence-electron chi connectivity index (χ2n) is 17.9. The first-order chi connectivity index (χ1) is 23.9. The van der Waals surface area contributed by atoms with Gasteiger partial charge in [-0.25, -0.2) is 0 Å². The minimum absolute atomic E-state index is 0.921. The first-order valence-electron chi connectivity index (χ1n) is 23.9. The van der Waals surface area contributed by atoms with Crippen molar-refractivity contribution in [1.82, 2.24) is 0 Å². The summed E-state index contributed by atoms with van der Waals surface area (Å²) in [6.45, 7) is 19.5. The van der Waals surface area contributed by atoms with Gasteiger partial charge in [-0.2, -0.15) is 0 Å². The predicted molar refractivity (Wildman–Crippen MR) is 228 cm³/mol. The third-order valence-corrected chi connectivity index (χ3v) is 12.4. The Labute approximate surface area is 314 Å². The van der Waals surface area contributed by atoms with Gasteiger partial charge in [-0.15, -0.1) is 0 Å². The van der Waals surface area contributed by atoms with E-state index in [2.05, 4.69) is 55.4 Å². The fraction of sp³-hybridized carbons (Fsp3) is 1.00. The Morgan fingerprint density at radius 1 is 0.224 bits per heavy atom. The largest absolute Gasteiger partial charge is 0.0654 e. The molecule has 0 radical (unpaired) electrons. The first-order valence-corrected chi connectivity index (χ1v) is 23.9. The minimum Gasteiger partial charge on any atom is -0.0654 e. The van der Waals surface area contributed by atoms with E-state index in [9.17, 15) is 0 Å². The highest BCUT2D eigenvalue weighted by Crippen LogP contribution is 2.38. The monoisotopic (exact) mass is 689 g/mol. The molecule has 0 aliphatic carbocycles. The van der Waals surface area contributed by atoms with Gasteiger partial charge in [0.05, 0.1) is 0 Å². The highest BCUT2D eigenvalue weighted by atomic mass is 14.3. The van der Waals surface area contributed by atoms with Crippen molar-refractivity contribution in [3.05, 3.63) is 0 Å². The van der Waals surface area contributed by atoms with Crippen molar-refractivity contribution in [2.45, 2.75) is 280 Å². The molecule has 0 heteroatoms. The van der Waals surface area contributed by atoms with E-state index < -0.39 is 0 Å². The molecule has 6 unspecified atom stereocenters. The molecule has 0 bridgehead atoms. The molecule has 0 heterocycles. The first kappa shape index (κ1) is 49.0. The van der Waals surface area contributed by atoms with Gasteiger partial charge in [0, 0.05) is 0 Å². The summed E-state index contributed by atoms with van der Waals surface area (Å²) in [4.78, 5) is 0. The molecule has 0 nitrogen and oxygen atoms in total. The van der Waals surface area contributed by atoms with Crippen molar-refractivity contribution in [2.24, 2.45) is 35.5 Å². The summed E-state index contributed by atoms with van der Waals surface area (Å²) in [6, 6.07) is 0. The van der Waals surface area contributed by atoms with Crippen LogP contribution in [-0.4, -0.2) is 0 Å². The summed E-state index contributed by atoms with van der Waals surface area (Å²) >= 11 is 0. The van der Waals surface area contributed by atoms with Crippen LogP contribution in [0.4, 0.5) is 0 Å². The third-order valence-electron chi connectivity index (χ3n) is 12.4. The van der Waals surface area contributed by atoms with E-state index in [-0.39, 0.29) is 0 Å². The van der Waals surface area contributed by atoms with Gasteiger partial charge in [0.1, 0.15) is 0 Å². The van der Waals surface area contributed by atoms with Crippen LogP contribution in [-0.2, 0) is 0 Å². The van der Waals surface area contributed by atoms with Crippen LogP contribution in [0.25, 0.3) is 0 Å². The molecule has 0 rings (SSSR count). The van der Waals surface area contributed by atoms with Crippen LogP contribution in [0.5, 0.6) is 0 Å². The van der Waals surface area contributed by atoms with Crippen LogP contribution < -0.4 is 0 Å². The normalized spacial score (nSPS) is 15.7. The van der Waals surface area contributed by atoms with Crippen molar-refractivity contribution in [3.8, 4) is 0 Å². The molecule has 0 spiro atoms. The molecular weight excluding hydrogens is 589 g/mol. The topological polar surface area (TPSA) is 0 Å². The highest BCUT2D eigenvalue weighted by molar-refractivity contribution is 4.77. The second kappa shape index (κ2) is 37.7. The lowest BCUT2D eigenvalue weighted by Crippen LogP contribution is -2.19. The van der Waals surface area contributed by atoms with Gasteiger partial charge < -0.3 is 0 Å². The molecule has 0 amide bonds. The van der Waals surface area contributed by atoms with E-state index in [4.69, 9.17) is 0 Å². The van der Waals surface area contributed by atoms with Gasteiger partial charge in [-0.05, 0) is 67.6 Å². The van der Waals surface area contributed by atoms with Gasteiger partial charge in [0.25, 0.3) is 0 Å². The van der Waals surface area contributed by atoms with Crippen molar-refractivity contribution in [1.29, 1.82) is 0 Å². The summed E-state index contributed by atoms with van der Waals surface area (Å²) < 4.78 is 0. The summed E-state index contributed by atoms with van der Waals surface area (Å²) in [6.07, 6.45) is 51.3. The zero-order valence-corrected chi connectivity index (χ0v) is 36.2. The van der Waals surface area contributed by atoms with E-state index in [0.717, 1.165) is 35.5 Å². The molecule has 0 aromatic rings. The van der Waals surface area contributed by atoms with Gasteiger partial charge in [-0.3, -0.25) is 0 Å². The molecule has 49 heavy (non-hydrogen) atoms. The average Bonchev–Trinajstić information content (AvgIpc) is 3.09. The lowest BCUT2D eigenvalue weighted by molar-refractivity contribution is 0.202. The molecule has 0 aliphatic heterocycles. The smallest absolute Gasteiger partial charge is 0.0409 e. The Morgan fingerprint density at radius 2 is 0.429 bits per heavy atom. The summed E-state index contributed by atoms with van der Waals surface area (Å²) in [5.41, 5.74) is 0. The molecule has 0 saturated heterocycles. The maximum atomic E-state index is 2.62. The lowest BCUT2D eigenvalue weighted by Gasteiger charge is -2.32. The SMILES string of the molecule is CCCCCCC(C)CC(CCCCCC)CC(CCCCCC)CC(CCCCCC)CC(CCCCCC)CC(C)CCCCCC. The van der Waals surface area contributed by atoms with Crippen LogP contribution >= 0.6 is 0 Å². The molecular formula is C49H100. The van der Waals surface area contributed by atoms with Crippen molar-refractivity contribution >= 4 is 0 Å². The number of unbranched alkanes of at least 4 members (excludes halogenated alkanes) is 18. The van der Waals surface area contributed by atoms with Gasteiger partial charge in [0.2, 0.25) is 0 Å².